The van der Waals surface area contributed by atoms with Crippen LogP contribution in [0.5, 0.6) is 11.5 Å². The van der Waals surface area contributed by atoms with Gasteiger partial charge in [0.05, 0.1) is 7.11 Å². The molecular formula is C19H28O5. The molecule has 0 N–H and O–H groups in total. The average molecular weight is 336 g/mol. The molecule has 5 heteroatoms. The van der Waals surface area contributed by atoms with Gasteiger partial charge < -0.3 is 14.2 Å². The maximum atomic E-state index is 11.7. The molecule has 134 valence electrons. The molecule has 24 heavy (non-hydrogen) atoms. The molecule has 0 atom stereocenters. The third kappa shape index (κ3) is 7.99. The van der Waals surface area contributed by atoms with Crippen LogP contribution in [0, 0.1) is 0 Å². The smallest absolute Gasteiger partial charge is 0.308 e. The van der Waals surface area contributed by atoms with Crippen molar-refractivity contribution in [3.05, 3.63) is 23.8 Å². The highest BCUT2D eigenvalue weighted by molar-refractivity contribution is 5.70. The third-order valence-electron chi connectivity index (χ3n) is 3.62. The number of carbonyl (C=O) groups excluding carboxylic acids is 2. The van der Waals surface area contributed by atoms with E-state index in [0.29, 0.717) is 17.9 Å². The van der Waals surface area contributed by atoms with Crippen molar-refractivity contribution in [3.63, 3.8) is 0 Å². The van der Waals surface area contributed by atoms with Crippen molar-refractivity contribution in [3.8, 4) is 11.5 Å². The monoisotopic (exact) mass is 336 g/mol. The first-order valence-electron chi connectivity index (χ1n) is 8.57. The maximum Gasteiger partial charge on any atom is 0.308 e. The largest absolute Gasteiger partial charge is 0.493 e. The quantitative estimate of drug-likeness (QED) is 0.340. The molecule has 1 aromatic carbocycles. The van der Waals surface area contributed by atoms with Crippen LogP contribution in [0.2, 0.25) is 0 Å². The molecular weight excluding hydrogens is 308 g/mol. The van der Waals surface area contributed by atoms with Crippen molar-refractivity contribution < 1.29 is 23.8 Å². The van der Waals surface area contributed by atoms with Crippen LogP contribution in [0.1, 0.15) is 64.4 Å². The van der Waals surface area contributed by atoms with Crippen molar-refractivity contribution >= 4 is 11.9 Å². The second-order valence-electron chi connectivity index (χ2n) is 5.76. The zero-order chi connectivity index (χ0) is 17.8. The predicted molar refractivity (Wildman–Crippen MR) is 92.1 cm³/mol. The number of carbonyl (C=O) groups is 2. The summed E-state index contributed by atoms with van der Waals surface area (Å²) in [4.78, 5) is 22.8. The van der Waals surface area contributed by atoms with Crippen molar-refractivity contribution in [2.24, 2.45) is 0 Å². The van der Waals surface area contributed by atoms with Crippen molar-refractivity contribution in [2.45, 2.75) is 65.4 Å². The van der Waals surface area contributed by atoms with E-state index in [0.717, 1.165) is 18.4 Å². The number of hydrogen-bond acceptors (Lipinski definition) is 5. The molecule has 0 bridgehead atoms. The molecule has 1 aromatic rings. The number of rotatable bonds is 11. The van der Waals surface area contributed by atoms with E-state index in [4.69, 9.17) is 14.2 Å². The Kier molecular flexibility index (Phi) is 9.58. The fourth-order valence-corrected chi connectivity index (χ4v) is 2.33. The maximum absolute atomic E-state index is 11.7. The summed E-state index contributed by atoms with van der Waals surface area (Å²) in [6.07, 6.45) is 7.29. The number of ether oxygens (including phenoxy) is 3. The van der Waals surface area contributed by atoms with Gasteiger partial charge in [0.2, 0.25) is 0 Å². The number of hydrogen-bond donors (Lipinski definition) is 0. The zero-order valence-electron chi connectivity index (χ0n) is 14.9. The molecule has 0 saturated carbocycles. The predicted octanol–water partition coefficient (Wildman–Crippen LogP) is 4.41. The molecule has 0 aliphatic carbocycles. The Morgan fingerprint density at radius 3 is 2.38 bits per heavy atom. The highest BCUT2D eigenvalue weighted by Crippen LogP contribution is 2.28. The Hall–Kier alpha value is -2.04. The first-order chi connectivity index (χ1) is 11.6. The van der Waals surface area contributed by atoms with E-state index >= 15 is 0 Å². The molecule has 5 nitrogen and oxygen atoms in total. The van der Waals surface area contributed by atoms with Gasteiger partial charge in [-0.1, -0.05) is 45.1 Å². The Labute approximate surface area is 144 Å². The summed E-state index contributed by atoms with van der Waals surface area (Å²) in [5, 5.41) is 0. The lowest BCUT2D eigenvalue weighted by Crippen LogP contribution is -2.06. The second-order valence-corrected chi connectivity index (χ2v) is 5.76. The van der Waals surface area contributed by atoms with Crippen LogP contribution in [0.25, 0.3) is 0 Å². The van der Waals surface area contributed by atoms with Crippen LogP contribution in [0.4, 0.5) is 0 Å². The van der Waals surface area contributed by atoms with Gasteiger partial charge in [-0.25, -0.2) is 0 Å². The van der Waals surface area contributed by atoms with E-state index < -0.39 is 5.97 Å². The van der Waals surface area contributed by atoms with Crippen molar-refractivity contribution in [2.75, 3.05) is 7.11 Å². The lowest BCUT2D eigenvalue weighted by molar-refractivity contribution is -0.145. The molecule has 0 heterocycles. The van der Waals surface area contributed by atoms with Gasteiger partial charge in [0, 0.05) is 13.3 Å². The van der Waals surface area contributed by atoms with Crippen LogP contribution < -0.4 is 9.47 Å². The van der Waals surface area contributed by atoms with Gasteiger partial charge in [0.1, 0.15) is 6.61 Å². The van der Waals surface area contributed by atoms with Gasteiger partial charge in [0.25, 0.3) is 0 Å². The summed E-state index contributed by atoms with van der Waals surface area (Å²) in [5.41, 5.74) is 0.791. The standard InChI is InChI=1S/C19H28O5/c1-4-5-6-7-8-9-10-19(21)23-14-16-11-12-17(24-15(2)20)18(13-16)22-3/h11-13H,4-10,14H2,1-3H3. The fourth-order valence-electron chi connectivity index (χ4n) is 2.33. The normalized spacial score (nSPS) is 10.3. The summed E-state index contributed by atoms with van der Waals surface area (Å²) < 4.78 is 15.5. The molecule has 0 spiro atoms. The van der Waals surface area contributed by atoms with E-state index in [2.05, 4.69) is 6.92 Å². The van der Waals surface area contributed by atoms with Crippen molar-refractivity contribution in [1.29, 1.82) is 0 Å². The fraction of sp³-hybridized carbons (Fsp3) is 0.579. The third-order valence-corrected chi connectivity index (χ3v) is 3.62. The van der Waals surface area contributed by atoms with Gasteiger partial charge >= 0.3 is 11.9 Å². The van der Waals surface area contributed by atoms with Crippen LogP contribution in [-0.2, 0) is 20.9 Å². The van der Waals surface area contributed by atoms with E-state index in [-0.39, 0.29) is 12.6 Å². The Bertz CT molecular complexity index is 524. The topological polar surface area (TPSA) is 61.8 Å². The lowest BCUT2D eigenvalue weighted by atomic mass is 10.1. The number of esters is 2. The molecule has 0 aromatic heterocycles. The molecule has 1 rings (SSSR count). The molecule has 0 amide bonds. The first kappa shape index (κ1) is 20.0. The number of unbranched alkanes of at least 4 members (excludes halogenated alkanes) is 5. The summed E-state index contributed by atoms with van der Waals surface area (Å²) in [6.45, 7) is 3.70. The first-order valence-corrected chi connectivity index (χ1v) is 8.57. The van der Waals surface area contributed by atoms with Crippen LogP contribution in [-0.4, -0.2) is 19.0 Å². The highest BCUT2D eigenvalue weighted by Gasteiger charge is 2.09. The molecule has 0 radical (unpaired) electrons. The van der Waals surface area contributed by atoms with Gasteiger partial charge in [-0.2, -0.15) is 0 Å². The summed E-state index contributed by atoms with van der Waals surface area (Å²) >= 11 is 0. The van der Waals surface area contributed by atoms with Crippen LogP contribution >= 0.6 is 0 Å². The van der Waals surface area contributed by atoms with E-state index in [1.54, 1.807) is 18.2 Å². The minimum Gasteiger partial charge on any atom is -0.493 e. The van der Waals surface area contributed by atoms with E-state index in [1.165, 1.54) is 39.7 Å². The number of methoxy groups -OCH3 is 1. The van der Waals surface area contributed by atoms with Gasteiger partial charge in [-0.05, 0) is 24.1 Å². The molecule has 0 saturated heterocycles. The molecule has 0 fully saturated rings. The SMILES string of the molecule is CCCCCCCCC(=O)OCc1ccc(OC(C)=O)c(OC)c1. The summed E-state index contributed by atoms with van der Waals surface area (Å²) in [6, 6.07) is 5.09. The lowest BCUT2D eigenvalue weighted by Gasteiger charge is -2.10. The van der Waals surface area contributed by atoms with E-state index in [9.17, 15) is 9.59 Å². The minimum atomic E-state index is -0.411. The zero-order valence-corrected chi connectivity index (χ0v) is 14.9. The van der Waals surface area contributed by atoms with Gasteiger partial charge in [-0.3, -0.25) is 9.59 Å². The van der Waals surface area contributed by atoms with Crippen LogP contribution in [0.15, 0.2) is 18.2 Å². The minimum absolute atomic E-state index is 0.186. The summed E-state index contributed by atoms with van der Waals surface area (Å²) in [5.74, 6) is 0.196. The van der Waals surface area contributed by atoms with Gasteiger partial charge in [0.15, 0.2) is 11.5 Å². The Morgan fingerprint density at radius 2 is 1.71 bits per heavy atom. The van der Waals surface area contributed by atoms with Crippen molar-refractivity contribution in [1.82, 2.24) is 0 Å². The average Bonchev–Trinajstić information content (AvgIpc) is 2.56. The van der Waals surface area contributed by atoms with Crippen LogP contribution in [0.3, 0.4) is 0 Å². The van der Waals surface area contributed by atoms with E-state index in [1.807, 2.05) is 0 Å². The Morgan fingerprint density at radius 1 is 1.00 bits per heavy atom. The molecule has 0 aliphatic heterocycles. The molecule has 0 aliphatic rings. The summed E-state index contributed by atoms with van der Waals surface area (Å²) in [7, 11) is 1.50. The van der Waals surface area contributed by atoms with Gasteiger partial charge in [-0.15, -0.1) is 0 Å². The second kappa shape index (κ2) is 11.5. The molecule has 0 unspecified atom stereocenters. The number of benzene rings is 1. The highest BCUT2D eigenvalue weighted by atomic mass is 16.6. The Balaban J connectivity index is 2.35.